The summed E-state index contributed by atoms with van der Waals surface area (Å²) in [7, 11) is 0. The van der Waals surface area contributed by atoms with Gasteiger partial charge in [-0.2, -0.15) is 0 Å². The number of aryl methyl sites for hydroxylation is 2. The van der Waals surface area contributed by atoms with E-state index in [1.165, 1.54) is 0 Å². The average Bonchev–Trinajstić information content (AvgIpc) is 2.25. The van der Waals surface area contributed by atoms with Crippen molar-refractivity contribution >= 4 is 5.82 Å². The van der Waals surface area contributed by atoms with Crippen LogP contribution < -0.4 is 11.1 Å². The summed E-state index contributed by atoms with van der Waals surface area (Å²) in [6.45, 7) is 6.74. The van der Waals surface area contributed by atoms with Crippen molar-refractivity contribution < 1.29 is 0 Å². The molecule has 0 spiro atoms. The molecule has 15 heavy (non-hydrogen) atoms. The minimum Gasteiger partial charge on any atom is -0.366 e. The molecule has 0 aromatic carbocycles. The first-order valence-corrected chi connectivity index (χ1v) is 5.50. The van der Waals surface area contributed by atoms with Crippen molar-refractivity contribution in [1.82, 2.24) is 9.97 Å². The Balaban J connectivity index is 2.79. The molecule has 0 radical (unpaired) electrons. The summed E-state index contributed by atoms with van der Waals surface area (Å²) < 4.78 is 0. The lowest BCUT2D eigenvalue weighted by Gasteiger charge is -2.15. The van der Waals surface area contributed by atoms with E-state index in [0.717, 1.165) is 30.2 Å². The molecule has 84 valence electrons. The van der Waals surface area contributed by atoms with E-state index in [9.17, 15) is 0 Å². The molecule has 0 amide bonds. The van der Waals surface area contributed by atoms with E-state index >= 15 is 0 Å². The Morgan fingerprint density at radius 1 is 1.40 bits per heavy atom. The second-order valence-electron chi connectivity index (χ2n) is 3.63. The van der Waals surface area contributed by atoms with E-state index in [1.54, 1.807) is 0 Å². The fourth-order valence-electron chi connectivity index (χ4n) is 1.42. The summed E-state index contributed by atoms with van der Waals surface area (Å²) in [5.41, 5.74) is 6.70. The molecule has 1 aromatic rings. The van der Waals surface area contributed by atoms with Gasteiger partial charge < -0.3 is 11.1 Å². The van der Waals surface area contributed by atoms with Crippen molar-refractivity contribution in [3.63, 3.8) is 0 Å². The minimum absolute atomic E-state index is 0.295. The lowest BCUT2D eigenvalue weighted by molar-refractivity contribution is 0.698. The van der Waals surface area contributed by atoms with Crippen LogP contribution in [0.3, 0.4) is 0 Å². The van der Waals surface area contributed by atoms with Crippen LogP contribution in [-0.2, 0) is 6.42 Å². The third-order valence-electron chi connectivity index (χ3n) is 2.38. The summed E-state index contributed by atoms with van der Waals surface area (Å²) in [5, 5.41) is 3.32. The first-order valence-electron chi connectivity index (χ1n) is 5.50. The van der Waals surface area contributed by atoms with E-state index in [2.05, 4.69) is 29.1 Å². The molecule has 4 heteroatoms. The Bertz CT molecular complexity index is 307. The lowest BCUT2D eigenvalue weighted by Crippen LogP contribution is -2.28. The van der Waals surface area contributed by atoms with Crippen LogP contribution in [0.4, 0.5) is 5.82 Å². The topological polar surface area (TPSA) is 63.8 Å². The highest BCUT2D eigenvalue weighted by Gasteiger charge is 2.05. The SMILES string of the molecule is CCc1cc(NC(CC)CN)nc(C)n1. The summed E-state index contributed by atoms with van der Waals surface area (Å²) >= 11 is 0. The molecule has 4 nitrogen and oxygen atoms in total. The highest BCUT2D eigenvalue weighted by molar-refractivity contribution is 5.37. The van der Waals surface area contributed by atoms with Crippen molar-refractivity contribution in [2.24, 2.45) is 5.73 Å². The van der Waals surface area contributed by atoms with Crippen molar-refractivity contribution in [2.75, 3.05) is 11.9 Å². The average molecular weight is 208 g/mol. The Labute approximate surface area is 91.3 Å². The van der Waals surface area contributed by atoms with Crippen LogP contribution in [0, 0.1) is 6.92 Å². The molecule has 1 aromatic heterocycles. The van der Waals surface area contributed by atoms with Crippen LogP contribution in [0.15, 0.2) is 6.07 Å². The van der Waals surface area contributed by atoms with Crippen molar-refractivity contribution in [1.29, 1.82) is 0 Å². The van der Waals surface area contributed by atoms with Gasteiger partial charge in [-0.1, -0.05) is 13.8 Å². The van der Waals surface area contributed by atoms with Gasteiger partial charge in [0.05, 0.1) is 0 Å². The van der Waals surface area contributed by atoms with Crippen LogP contribution in [0.1, 0.15) is 31.8 Å². The van der Waals surface area contributed by atoms with Gasteiger partial charge in [0.2, 0.25) is 0 Å². The quantitative estimate of drug-likeness (QED) is 0.769. The summed E-state index contributed by atoms with van der Waals surface area (Å²) in [6, 6.07) is 2.29. The van der Waals surface area contributed by atoms with Gasteiger partial charge in [0.15, 0.2) is 0 Å². The number of nitrogens with two attached hydrogens (primary N) is 1. The Hall–Kier alpha value is -1.16. The van der Waals surface area contributed by atoms with Gasteiger partial charge in [-0.15, -0.1) is 0 Å². The molecule has 1 heterocycles. The number of aromatic nitrogens is 2. The van der Waals surface area contributed by atoms with Gasteiger partial charge in [-0.3, -0.25) is 0 Å². The molecule has 3 N–H and O–H groups in total. The number of anilines is 1. The maximum absolute atomic E-state index is 5.63. The van der Waals surface area contributed by atoms with Gasteiger partial charge in [-0.05, 0) is 19.8 Å². The van der Waals surface area contributed by atoms with Crippen LogP contribution in [-0.4, -0.2) is 22.6 Å². The van der Waals surface area contributed by atoms with E-state index in [0.29, 0.717) is 12.6 Å². The number of hydrogen-bond acceptors (Lipinski definition) is 4. The van der Waals surface area contributed by atoms with Crippen LogP contribution in [0.25, 0.3) is 0 Å². The first-order chi connectivity index (χ1) is 7.19. The number of nitrogens with one attached hydrogen (secondary N) is 1. The molecule has 0 fully saturated rings. The second kappa shape index (κ2) is 5.66. The third-order valence-corrected chi connectivity index (χ3v) is 2.38. The molecule has 0 saturated heterocycles. The normalized spacial score (nSPS) is 12.5. The molecule has 0 saturated carbocycles. The molecule has 0 bridgehead atoms. The first kappa shape index (κ1) is 11.9. The molecule has 0 aliphatic rings. The zero-order valence-electron chi connectivity index (χ0n) is 9.75. The minimum atomic E-state index is 0.295. The van der Waals surface area contributed by atoms with E-state index in [4.69, 9.17) is 5.73 Å². The van der Waals surface area contributed by atoms with Gasteiger partial charge in [0.25, 0.3) is 0 Å². The lowest BCUT2D eigenvalue weighted by atomic mass is 10.2. The Morgan fingerprint density at radius 2 is 2.13 bits per heavy atom. The molecule has 1 rings (SSSR count). The van der Waals surface area contributed by atoms with E-state index < -0.39 is 0 Å². The molecular formula is C11H20N4. The third kappa shape index (κ3) is 3.47. The van der Waals surface area contributed by atoms with Crippen LogP contribution in [0.2, 0.25) is 0 Å². The largest absolute Gasteiger partial charge is 0.366 e. The Kier molecular flexibility index (Phi) is 4.49. The van der Waals surface area contributed by atoms with Crippen LogP contribution in [0.5, 0.6) is 0 Å². The zero-order chi connectivity index (χ0) is 11.3. The monoisotopic (exact) mass is 208 g/mol. The highest BCUT2D eigenvalue weighted by Crippen LogP contribution is 2.09. The summed E-state index contributed by atoms with van der Waals surface area (Å²) in [6.07, 6.45) is 1.93. The van der Waals surface area contributed by atoms with Crippen molar-refractivity contribution in [3.8, 4) is 0 Å². The fraction of sp³-hybridized carbons (Fsp3) is 0.636. The molecular weight excluding hydrogens is 188 g/mol. The predicted molar refractivity (Wildman–Crippen MR) is 62.9 cm³/mol. The van der Waals surface area contributed by atoms with Gasteiger partial charge in [0.1, 0.15) is 11.6 Å². The number of nitrogens with zero attached hydrogens (tertiary/aromatic N) is 2. The molecule has 1 unspecified atom stereocenters. The second-order valence-corrected chi connectivity index (χ2v) is 3.63. The fourth-order valence-corrected chi connectivity index (χ4v) is 1.42. The maximum atomic E-state index is 5.63. The molecule has 0 aliphatic carbocycles. The van der Waals surface area contributed by atoms with Gasteiger partial charge >= 0.3 is 0 Å². The maximum Gasteiger partial charge on any atom is 0.130 e. The smallest absolute Gasteiger partial charge is 0.130 e. The van der Waals surface area contributed by atoms with Gasteiger partial charge in [0, 0.05) is 24.3 Å². The molecule has 0 aliphatic heterocycles. The highest BCUT2D eigenvalue weighted by atomic mass is 15.1. The zero-order valence-corrected chi connectivity index (χ0v) is 9.75. The van der Waals surface area contributed by atoms with Crippen molar-refractivity contribution in [2.45, 2.75) is 39.7 Å². The molecule has 1 atom stereocenters. The predicted octanol–water partition coefficient (Wildman–Crippen LogP) is 1.50. The standard InChI is InChI=1S/C11H20N4/c1-4-9-6-11(14-8(3)13-9)15-10(5-2)7-12/h6,10H,4-5,7,12H2,1-3H3,(H,13,14,15). The van der Waals surface area contributed by atoms with Crippen LogP contribution >= 0.6 is 0 Å². The van der Waals surface area contributed by atoms with E-state index in [-0.39, 0.29) is 0 Å². The van der Waals surface area contributed by atoms with Crippen molar-refractivity contribution in [3.05, 3.63) is 17.6 Å². The number of rotatable bonds is 5. The van der Waals surface area contributed by atoms with E-state index in [1.807, 2.05) is 13.0 Å². The summed E-state index contributed by atoms with van der Waals surface area (Å²) in [5.74, 6) is 1.69. The summed E-state index contributed by atoms with van der Waals surface area (Å²) in [4.78, 5) is 8.67. The Morgan fingerprint density at radius 3 is 2.67 bits per heavy atom. The number of hydrogen-bond donors (Lipinski definition) is 2. The van der Waals surface area contributed by atoms with Gasteiger partial charge in [-0.25, -0.2) is 9.97 Å².